The number of carbonyl (C=O) groups is 2. The Hall–Kier alpha value is -2.90. The Morgan fingerprint density at radius 2 is 1.87 bits per heavy atom. The molecule has 30 heavy (non-hydrogen) atoms. The molecule has 2 amide bonds. The number of hydrogen-bond acceptors (Lipinski definition) is 5. The van der Waals surface area contributed by atoms with Gasteiger partial charge in [0.25, 0.3) is 11.8 Å². The predicted octanol–water partition coefficient (Wildman–Crippen LogP) is 3.26. The van der Waals surface area contributed by atoms with E-state index < -0.39 is 0 Å². The first-order valence-electron chi connectivity index (χ1n) is 10.3. The van der Waals surface area contributed by atoms with Crippen molar-refractivity contribution >= 4 is 17.5 Å². The molecule has 2 aromatic rings. The lowest BCUT2D eigenvalue weighted by Gasteiger charge is -2.14. The van der Waals surface area contributed by atoms with E-state index in [1.165, 1.54) is 0 Å². The van der Waals surface area contributed by atoms with Gasteiger partial charge in [0.1, 0.15) is 12.4 Å². The van der Waals surface area contributed by atoms with Crippen LogP contribution < -0.4 is 15.4 Å². The second-order valence-electron chi connectivity index (χ2n) is 6.91. The van der Waals surface area contributed by atoms with Gasteiger partial charge in [-0.25, -0.2) is 0 Å². The molecule has 0 aromatic heterocycles. The molecule has 0 saturated carbocycles. The van der Waals surface area contributed by atoms with Crippen LogP contribution in [0.25, 0.3) is 0 Å². The molecule has 7 nitrogen and oxygen atoms in total. The van der Waals surface area contributed by atoms with Crippen LogP contribution in [0, 0.1) is 0 Å². The van der Waals surface area contributed by atoms with Gasteiger partial charge in [-0.1, -0.05) is 12.1 Å². The maximum atomic E-state index is 12.6. The van der Waals surface area contributed by atoms with Gasteiger partial charge in [0.05, 0.1) is 24.0 Å². The number of anilines is 1. The first kappa shape index (κ1) is 21.8. The summed E-state index contributed by atoms with van der Waals surface area (Å²) >= 11 is 0. The Labute approximate surface area is 176 Å². The molecule has 0 aliphatic carbocycles. The Morgan fingerprint density at radius 3 is 2.60 bits per heavy atom. The quantitative estimate of drug-likeness (QED) is 0.585. The van der Waals surface area contributed by atoms with Crippen LogP contribution in [-0.2, 0) is 9.47 Å². The SMILES string of the molecule is CCOCCOc1ccc(C(=O)Nc2ccccc2C(=O)NC[C@H]2CCCO2)cc1. The maximum absolute atomic E-state index is 12.6. The molecule has 3 rings (SSSR count). The fourth-order valence-electron chi connectivity index (χ4n) is 3.16. The van der Waals surface area contributed by atoms with Crippen molar-refractivity contribution in [3.8, 4) is 5.75 Å². The minimum atomic E-state index is -0.296. The molecule has 0 unspecified atom stereocenters. The highest BCUT2D eigenvalue weighted by Crippen LogP contribution is 2.18. The molecule has 1 heterocycles. The Morgan fingerprint density at radius 1 is 1.07 bits per heavy atom. The molecule has 1 aliphatic rings. The van der Waals surface area contributed by atoms with E-state index in [-0.39, 0.29) is 17.9 Å². The number of hydrogen-bond donors (Lipinski definition) is 2. The lowest BCUT2D eigenvalue weighted by Crippen LogP contribution is -2.32. The van der Waals surface area contributed by atoms with Crippen LogP contribution in [0.15, 0.2) is 48.5 Å². The van der Waals surface area contributed by atoms with Crippen molar-refractivity contribution in [2.45, 2.75) is 25.9 Å². The van der Waals surface area contributed by atoms with Gasteiger partial charge in [-0.2, -0.15) is 0 Å². The summed E-state index contributed by atoms with van der Waals surface area (Å²) < 4.78 is 16.3. The van der Waals surface area contributed by atoms with Crippen LogP contribution >= 0.6 is 0 Å². The standard InChI is InChI=1S/C23H28N2O5/c1-2-28-14-15-30-18-11-9-17(10-12-18)22(26)25-21-8-4-3-7-20(21)23(27)24-16-19-6-5-13-29-19/h3-4,7-12,19H,2,5-6,13-16H2,1H3,(H,24,27)(H,25,26)/t19-/m1/s1. The fraction of sp³-hybridized carbons (Fsp3) is 0.391. The minimum Gasteiger partial charge on any atom is -0.491 e. The number of amides is 2. The summed E-state index contributed by atoms with van der Waals surface area (Å²) in [5, 5.41) is 5.71. The van der Waals surface area contributed by atoms with Crippen LogP contribution in [0.4, 0.5) is 5.69 Å². The second-order valence-corrected chi connectivity index (χ2v) is 6.91. The molecule has 0 spiro atoms. The van der Waals surface area contributed by atoms with E-state index in [4.69, 9.17) is 14.2 Å². The van der Waals surface area contributed by atoms with E-state index in [0.717, 1.165) is 19.4 Å². The molecular formula is C23H28N2O5. The highest BCUT2D eigenvalue weighted by Gasteiger charge is 2.18. The van der Waals surface area contributed by atoms with E-state index in [0.29, 0.717) is 48.9 Å². The summed E-state index contributed by atoms with van der Waals surface area (Å²) in [5.74, 6) is 0.134. The monoisotopic (exact) mass is 412 g/mol. The number of para-hydroxylation sites is 1. The van der Waals surface area contributed by atoms with Crippen LogP contribution in [0.2, 0.25) is 0 Å². The summed E-state index contributed by atoms with van der Waals surface area (Å²) in [6.45, 7) is 4.75. The average Bonchev–Trinajstić information content (AvgIpc) is 3.29. The van der Waals surface area contributed by atoms with Crippen LogP contribution in [0.1, 0.15) is 40.5 Å². The molecule has 160 valence electrons. The zero-order valence-electron chi connectivity index (χ0n) is 17.2. The summed E-state index contributed by atoms with van der Waals surface area (Å²) in [7, 11) is 0. The van der Waals surface area contributed by atoms with Crippen molar-refractivity contribution in [3.05, 3.63) is 59.7 Å². The Bertz CT molecular complexity index is 832. The zero-order valence-corrected chi connectivity index (χ0v) is 17.2. The number of carbonyl (C=O) groups excluding carboxylic acids is 2. The molecule has 1 saturated heterocycles. The van der Waals surface area contributed by atoms with Crippen molar-refractivity contribution in [2.75, 3.05) is 38.3 Å². The lowest BCUT2D eigenvalue weighted by molar-refractivity contribution is 0.0858. The average molecular weight is 412 g/mol. The molecule has 1 aliphatic heterocycles. The predicted molar refractivity (Wildman–Crippen MR) is 114 cm³/mol. The van der Waals surface area contributed by atoms with Gasteiger partial charge in [0.15, 0.2) is 0 Å². The smallest absolute Gasteiger partial charge is 0.255 e. The number of benzene rings is 2. The topological polar surface area (TPSA) is 85.9 Å². The van der Waals surface area contributed by atoms with E-state index in [1.54, 1.807) is 48.5 Å². The largest absolute Gasteiger partial charge is 0.491 e. The summed E-state index contributed by atoms with van der Waals surface area (Å²) in [5.41, 5.74) is 1.35. The van der Waals surface area contributed by atoms with Crippen molar-refractivity contribution < 1.29 is 23.8 Å². The maximum Gasteiger partial charge on any atom is 0.255 e. The Balaban J connectivity index is 1.57. The molecule has 2 N–H and O–H groups in total. The van der Waals surface area contributed by atoms with Gasteiger partial charge in [-0.05, 0) is 56.2 Å². The number of ether oxygens (including phenoxy) is 3. The molecule has 0 bridgehead atoms. The van der Waals surface area contributed by atoms with Gasteiger partial charge >= 0.3 is 0 Å². The summed E-state index contributed by atoms with van der Waals surface area (Å²) in [4.78, 5) is 25.2. The van der Waals surface area contributed by atoms with Gasteiger partial charge in [0.2, 0.25) is 0 Å². The van der Waals surface area contributed by atoms with E-state index in [2.05, 4.69) is 10.6 Å². The highest BCUT2D eigenvalue weighted by atomic mass is 16.5. The third-order valence-electron chi connectivity index (χ3n) is 4.75. The van der Waals surface area contributed by atoms with Gasteiger partial charge < -0.3 is 24.8 Å². The van der Waals surface area contributed by atoms with E-state index in [9.17, 15) is 9.59 Å². The molecule has 7 heteroatoms. The third-order valence-corrected chi connectivity index (χ3v) is 4.75. The van der Waals surface area contributed by atoms with Crippen molar-refractivity contribution in [2.24, 2.45) is 0 Å². The summed E-state index contributed by atoms with van der Waals surface area (Å²) in [6, 6.07) is 13.8. The fourth-order valence-corrected chi connectivity index (χ4v) is 3.16. The third kappa shape index (κ3) is 6.30. The summed E-state index contributed by atoms with van der Waals surface area (Å²) in [6.07, 6.45) is 2.03. The number of nitrogens with one attached hydrogen (secondary N) is 2. The molecule has 2 aromatic carbocycles. The number of rotatable bonds is 10. The van der Waals surface area contributed by atoms with E-state index >= 15 is 0 Å². The van der Waals surface area contributed by atoms with E-state index in [1.807, 2.05) is 6.92 Å². The minimum absolute atomic E-state index is 0.0602. The normalized spacial score (nSPS) is 15.6. The Kier molecular flexibility index (Phi) is 8.23. The van der Waals surface area contributed by atoms with Gasteiger partial charge in [0, 0.05) is 25.3 Å². The van der Waals surface area contributed by atoms with Gasteiger partial charge in [-0.15, -0.1) is 0 Å². The molecule has 1 fully saturated rings. The molecule has 0 radical (unpaired) electrons. The van der Waals surface area contributed by atoms with Gasteiger partial charge in [-0.3, -0.25) is 9.59 Å². The first-order valence-corrected chi connectivity index (χ1v) is 10.3. The van der Waals surface area contributed by atoms with Crippen molar-refractivity contribution in [1.82, 2.24) is 5.32 Å². The van der Waals surface area contributed by atoms with Crippen LogP contribution in [0.3, 0.4) is 0 Å². The zero-order chi connectivity index (χ0) is 21.2. The van der Waals surface area contributed by atoms with Crippen LogP contribution in [-0.4, -0.2) is 50.9 Å². The second kappa shape index (κ2) is 11.3. The highest BCUT2D eigenvalue weighted by molar-refractivity contribution is 6.09. The van der Waals surface area contributed by atoms with Crippen LogP contribution in [0.5, 0.6) is 5.75 Å². The molecular weight excluding hydrogens is 384 g/mol. The molecule has 1 atom stereocenters. The van der Waals surface area contributed by atoms with Crippen molar-refractivity contribution in [1.29, 1.82) is 0 Å². The van der Waals surface area contributed by atoms with Crippen molar-refractivity contribution in [3.63, 3.8) is 0 Å². The first-order chi connectivity index (χ1) is 14.7. The lowest BCUT2D eigenvalue weighted by atomic mass is 10.1.